The van der Waals surface area contributed by atoms with Gasteiger partial charge in [-0.2, -0.15) is 0 Å². The molecule has 0 bridgehead atoms. The summed E-state index contributed by atoms with van der Waals surface area (Å²) in [7, 11) is 2.68. The predicted molar refractivity (Wildman–Crippen MR) is 109 cm³/mol. The monoisotopic (exact) mass is 370 g/mol. The number of benzene rings is 2. The molecule has 1 N–H and O–H groups in total. The van der Waals surface area contributed by atoms with Gasteiger partial charge >= 0.3 is 0 Å². The molecule has 4 nitrogen and oxygen atoms in total. The molecular formula is C20H24FN4P. The molecule has 2 aromatic rings. The van der Waals surface area contributed by atoms with Crippen molar-refractivity contribution in [2.45, 2.75) is 0 Å². The van der Waals surface area contributed by atoms with E-state index in [1.807, 2.05) is 12.1 Å². The maximum atomic E-state index is 13.9. The molecular weight excluding hydrogens is 346 g/mol. The second-order valence-corrected chi connectivity index (χ2v) is 8.17. The molecule has 0 aliphatic carbocycles. The molecule has 0 aromatic heterocycles. The van der Waals surface area contributed by atoms with Crippen LogP contribution in [-0.4, -0.2) is 49.7 Å². The molecule has 6 heteroatoms. The molecule has 136 valence electrons. The average Bonchev–Trinajstić information content (AvgIpc) is 2.65. The number of rotatable bonds is 4. The number of nitrogens with one attached hydrogen (secondary N) is 1. The fourth-order valence-electron chi connectivity index (χ4n) is 3.42. The summed E-state index contributed by atoms with van der Waals surface area (Å²) in [5.74, 6) is 0.567. The third-order valence-corrected chi connectivity index (χ3v) is 6.37. The number of halogens is 1. The summed E-state index contributed by atoms with van der Waals surface area (Å²) in [6.45, 7) is 9.25. The Balaban J connectivity index is 1.57. The Labute approximate surface area is 156 Å². The Hall–Kier alpha value is -1.94. The second-order valence-electron chi connectivity index (χ2n) is 6.84. The zero-order chi connectivity index (χ0) is 18.1. The largest absolute Gasteiger partial charge is 0.359 e. The molecule has 26 heavy (non-hydrogen) atoms. The lowest BCUT2D eigenvalue weighted by Crippen LogP contribution is -2.48. The van der Waals surface area contributed by atoms with Crippen molar-refractivity contribution in [3.8, 4) is 0 Å². The summed E-state index contributed by atoms with van der Waals surface area (Å²) in [5, 5.41) is 5.86. The van der Waals surface area contributed by atoms with Crippen LogP contribution in [0.3, 0.4) is 0 Å². The van der Waals surface area contributed by atoms with Crippen molar-refractivity contribution in [2.75, 3.05) is 44.8 Å². The Morgan fingerprint density at radius 3 is 2.62 bits per heavy atom. The van der Waals surface area contributed by atoms with E-state index >= 15 is 0 Å². The molecule has 1 unspecified atom stereocenters. The Morgan fingerprint density at radius 2 is 1.81 bits per heavy atom. The number of hydrogen-bond acceptors (Lipinski definition) is 4. The minimum absolute atomic E-state index is 0.218. The second kappa shape index (κ2) is 7.36. The van der Waals surface area contributed by atoms with Gasteiger partial charge in [0.2, 0.25) is 0 Å². The van der Waals surface area contributed by atoms with Crippen LogP contribution in [0.1, 0.15) is 0 Å². The molecule has 0 amide bonds. The van der Waals surface area contributed by atoms with Crippen LogP contribution in [0.15, 0.2) is 54.9 Å². The van der Waals surface area contributed by atoms with E-state index in [-0.39, 0.29) is 5.82 Å². The summed E-state index contributed by atoms with van der Waals surface area (Å²) in [6.07, 6.45) is 0. The first-order valence-electron chi connectivity index (χ1n) is 8.91. The molecule has 0 spiro atoms. The van der Waals surface area contributed by atoms with Gasteiger partial charge < -0.3 is 10.2 Å². The molecule has 1 fully saturated rings. The number of hydrogen-bond donors (Lipinski definition) is 1. The smallest absolute Gasteiger partial charge is 0.125 e. The van der Waals surface area contributed by atoms with Crippen molar-refractivity contribution in [1.29, 1.82) is 0 Å². The van der Waals surface area contributed by atoms with Gasteiger partial charge in [0.15, 0.2) is 0 Å². The minimum atomic E-state index is -0.218. The van der Waals surface area contributed by atoms with E-state index in [1.54, 1.807) is 12.1 Å². The fourth-order valence-corrected chi connectivity index (χ4v) is 4.70. The highest BCUT2D eigenvalue weighted by Gasteiger charge is 2.25. The number of anilines is 2. The van der Waals surface area contributed by atoms with Crippen LogP contribution >= 0.6 is 8.58 Å². The summed E-state index contributed by atoms with van der Waals surface area (Å²) in [5.41, 5.74) is 1.97. The summed E-state index contributed by atoms with van der Waals surface area (Å²) in [6, 6.07) is 13.3. The van der Waals surface area contributed by atoms with E-state index in [2.05, 4.69) is 51.8 Å². The highest BCUT2D eigenvalue weighted by Crippen LogP contribution is 2.37. The van der Waals surface area contributed by atoms with Crippen LogP contribution in [0, 0.1) is 5.82 Å². The lowest BCUT2D eigenvalue weighted by atomic mass is 10.2. The number of piperazine rings is 1. The van der Waals surface area contributed by atoms with Crippen molar-refractivity contribution in [3.05, 3.63) is 60.7 Å². The van der Waals surface area contributed by atoms with Crippen LogP contribution in [0.2, 0.25) is 0 Å². The molecule has 2 aromatic carbocycles. The normalized spacial score (nSPS) is 18.5. The Bertz CT molecular complexity index is 817. The van der Waals surface area contributed by atoms with Crippen molar-refractivity contribution >= 4 is 30.6 Å². The first kappa shape index (κ1) is 17.5. The van der Waals surface area contributed by atoms with Gasteiger partial charge in [-0.15, -0.1) is 0 Å². The van der Waals surface area contributed by atoms with E-state index in [0.29, 0.717) is 8.58 Å². The lowest BCUT2D eigenvalue weighted by Gasteiger charge is -2.37. The number of nitrogens with zero attached hydrogens (tertiary/aromatic N) is 3. The molecule has 2 aliphatic heterocycles. The average molecular weight is 370 g/mol. The lowest BCUT2D eigenvalue weighted by molar-refractivity contribution is 0.148. The SMILES string of the molecule is C=C(NCN1CCN(C)CC1)N1c2ccccc2Pc2ccc(F)cc21. The van der Waals surface area contributed by atoms with Crippen LogP contribution < -0.4 is 20.8 Å². The minimum Gasteiger partial charge on any atom is -0.359 e. The summed E-state index contributed by atoms with van der Waals surface area (Å²) in [4.78, 5) is 6.78. The zero-order valence-electron chi connectivity index (χ0n) is 15.0. The van der Waals surface area contributed by atoms with E-state index in [0.717, 1.165) is 55.3 Å². The van der Waals surface area contributed by atoms with Crippen LogP contribution in [-0.2, 0) is 0 Å². The topological polar surface area (TPSA) is 21.8 Å². The van der Waals surface area contributed by atoms with E-state index in [4.69, 9.17) is 0 Å². The standard InChI is InChI=1S/C20H24FN4P/c1-15(22-14-24-11-9-23(2)10-12-24)25-17-5-3-4-6-19(17)26-20-8-7-16(21)13-18(20)25/h3-8,13,22,26H,1,9-12,14H2,2H3. The summed E-state index contributed by atoms with van der Waals surface area (Å²) >= 11 is 0. The number of para-hydroxylation sites is 1. The fraction of sp³-hybridized carbons (Fsp3) is 0.300. The van der Waals surface area contributed by atoms with Gasteiger partial charge in [-0.1, -0.05) is 33.4 Å². The van der Waals surface area contributed by atoms with Gasteiger partial charge in [0.05, 0.1) is 18.0 Å². The zero-order valence-corrected chi connectivity index (χ0v) is 16.0. The van der Waals surface area contributed by atoms with Gasteiger partial charge in [-0.05, 0) is 31.3 Å². The molecule has 1 atom stereocenters. The van der Waals surface area contributed by atoms with Crippen molar-refractivity contribution in [2.24, 2.45) is 0 Å². The van der Waals surface area contributed by atoms with Crippen LogP contribution in [0.4, 0.5) is 15.8 Å². The first-order chi connectivity index (χ1) is 12.6. The van der Waals surface area contributed by atoms with E-state index in [9.17, 15) is 4.39 Å². The number of likely N-dealkylation sites (N-methyl/N-ethyl adjacent to an activating group) is 1. The molecule has 0 radical (unpaired) electrons. The Morgan fingerprint density at radius 1 is 1.08 bits per heavy atom. The van der Waals surface area contributed by atoms with Crippen molar-refractivity contribution < 1.29 is 4.39 Å². The molecule has 2 aliphatic rings. The number of fused-ring (bicyclic) bond motifs is 2. The molecule has 0 saturated carbocycles. The van der Waals surface area contributed by atoms with Gasteiger partial charge in [0, 0.05) is 36.8 Å². The third kappa shape index (κ3) is 3.48. The molecule has 1 saturated heterocycles. The Kier molecular flexibility index (Phi) is 4.94. The van der Waals surface area contributed by atoms with Crippen LogP contribution in [0.5, 0.6) is 0 Å². The maximum absolute atomic E-state index is 13.9. The highest BCUT2D eigenvalue weighted by molar-refractivity contribution is 7.56. The van der Waals surface area contributed by atoms with Crippen molar-refractivity contribution in [1.82, 2.24) is 15.1 Å². The third-order valence-electron chi connectivity index (χ3n) is 4.99. The molecule has 2 heterocycles. The maximum Gasteiger partial charge on any atom is 0.125 e. The van der Waals surface area contributed by atoms with Gasteiger partial charge in [-0.25, -0.2) is 4.39 Å². The van der Waals surface area contributed by atoms with Gasteiger partial charge in [-0.3, -0.25) is 9.80 Å². The van der Waals surface area contributed by atoms with Gasteiger partial charge in [0.25, 0.3) is 0 Å². The molecule has 4 rings (SSSR count). The van der Waals surface area contributed by atoms with Crippen molar-refractivity contribution in [3.63, 3.8) is 0 Å². The van der Waals surface area contributed by atoms with E-state index in [1.165, 1.54) is 5.30 Å². The highest BCUT2D eigenvalue weighted by atomic mass is 31.1. The predicted octanol–water partition coefficient (Wildman–Crippen LogP) is 2.17. The quantitative estimate of drug-likeness (QED) is 0.833. The summed E-state index contributed by atoms with van der Waals surface area (Å²) < 4.78 is 13.9. The van der Waals surface area contributed by atoms with E-state index < -0.39 is 0 Å². The van der Waals surface area contributed by atoms with Gasteiger partial charge in [0.1, 0.15) is 11.6 Å². The van der Waals surface area contributed by atoms with Crippen LogP contribution in [0.25, 0.3) is 0 Å². The first-order valence-corrected chi connectivity index (χ1v) is 9.91.